The van der Waals surface area contributed by atoms with Crippen LogP contribution in [0.3, 0.4) is 0 Å². The molecule has 0 amide bonds. The Morgan fingerprint density at radius 3 is 2.00 bits per heavy atom. The number of hydrogen-bond acceptors (Lipinski definition) is 3. The van der Waals surface area contributed by atoms with Crippen LogP contribution < -0.4 is 0 Å². The summed E-state index contributed by atoms with van der Waals surface area (Å²) in [6.45, 7) is 2.21. The van der Waals surface area contributed by atoms with E-state index in [2.05, 4.69) is 41.9 Å². The van der Waals surface area contributed by atoms with E-state index in [1.165, 1.54) is 25.7 Å². The first kappa shape index (κ1) is 11.4. The van der Waals surface area contributed by atoms with E-state index in [1.807, 2.05) is 0 Å². The maximum Gasteiger partial charge on any atom is 0.00300 e. The lowest BCUT2D eigenvalue weighted by Gasteiger charge is -2.20. The van der Waals surface area contributed by atoms with Crippen molar-refractivity contribution in [3.63, 3.8) is 0 Å². The zero-order valence-corrected chi connectivity index (χ0v) is 9.79. The van der Waals surface area contributed by atoms with Gasteiger partial charge in [-0.2, -0.15) is 0 Å². The fourth-order valence-electron chi connectivity index (χ4n) is 0.722. The molecule has 0 nitrogen and oxygen atoms in total. The lowest BCUT2D eigenvalue weighted by molar-refractivity contribution is 0.707. The Hall–Kier alpha value is 1.40. The predicted octanol–water partition coefficient (Wildman–Crippen LogP) is 3.91. The summed E-state index contributed by atoms with van der Waals surface area (Å²) in [7, 11) is -1.12. The van der Waals surface area contributed by atoms with E-state index in [-0.39, 0.29) is 0 Å². The zero-order valence-electron chi connectivity index (χ0n) is 6.29. The molecule has 0 bridgehead atoms. The molecule has 0 fully saturated rings. The molecule has 4 heteroatoms. The van der Waals surface area contributed by atoms with Crippen LogP contribution in [0, 0.1) is 0 Å². The first-order chi connectivity index (χ1) is 4.56. The standard InChI is InChI=1S/C6H16S4/c1-2-3-4-5-6-10(7,8)9/h7-9H,2-6H2,1H3. The van der Waals surface area contributed by atoms with Crippen molar-refractivity contribution in [2.24, 2.45) is 0 Å². The van der Waals surface area contributed by atoms with Crippen molar-refractivity contribution in [2.75, 3.05) is 5.75 Å². The van der Waals surface area contributed by atoms with Gasteiger partial charge in [-0.05, 0) is 6.42 Å². The highest BCUT2D eigenvalue weighted by atomic mass is 33.8. The smallest absolute Gasteiger partial charge is 0.00300 e. The quantitative estimate of drug-likeness (QED) is 0.346. The van der Waals surface area contributed by atoms with Gasteiger partial charge in [0.25, 0.3) is 0 Å². The van der Waals surface area contributed by atoms with Crippen LogP contribution in [0.5, 0.6) is 0 Å². The Balaban J connectivity index is 3.04. The Kier molecular flexibility index (Phi) is 6.81. The molecule has 0 heterocycles. The summed E-state index contributed by atoms with van der Waals surface area (Å²) in [5.74, 6) is 1.06. The minimum Gasteiger partial charge on any atom is -0.112 e. The molecule has 0 spiro atoms. The summed E-state index contributed by atoms with van der Waals surface area (Å²) in [6.07, 6.45) is 5.13. The Bertz CT molecular complexity index is 76.3. The molecule has 0 aromatic rings. The van der Waals surface area contributed by atoms with Crippen LogP contribution in [0.15, 0.2) is 0 Å². The van der Waals surface area contributed by atoms with Gasteiger partial charge in [-0.25, -0.2) is 0 Å². The largest absolute Gasteiger partial charge is 0.112 e. The van der Waals surface area contributed by atoms with E-state index in [1.54, 1.807) is 0 Å². The second-order valence-corrected chi connectivity index (χ2v) is 12.3. The van der Waals surface area contributed by atoms with Gasteiger partial charge in [0.1, 0.15) is 0 Å². The van der Waals surface area contributed by atoms with Crippen LogP contribution in [-0.2, 0) is 0 Å². The lowest BCUT2D eigenvalue weighted by Crippen LogP contribution is -1.84. The highest BCUT2D eigenvalue weighted by molar-refractivity contribution is 9.40. The second-order valence-electron chi connectivity index (χ2n) is 2.40. The highest BCUT2D eigenvalue weighted by Crippen LogP contribution is 2.61. The van der Waals surface area contributed by atoms with Crippen molar-refractivity contribution in [3.8, 4) is 0 Å². The van der Waals surface area contributed by atoms with Crippen LogP contribution in [0.2, 0.25) is 0 Å². The monoisotopic (exact) mass is 216 g/mol. The summed E-state index contributed by atoms with van der Waals surface area (Å²) >= 11 is 12.8. The molecule has 0 saturated heterocycles. The number of unbranched alkanes of at least 4 members (excludes halogenated alkanes) is 3. The molecule has 0 aliphatic carbocycles. The van der Waals surface area contributed by atoms with Gasteiger partial charge in [0.15, 0.2) is 0 Å². The fourth-order valence-corrected chi connectivity index (χ4v) is 2.48. The van der Waals surface area contributed by atoms with E-state index in [0.717, 1.165) is 5.75 Å². The molecule has 0 aromatic carbocycles. The van der Waals surface area contributed by atoms with Gasteiger partial charge in [0, 0.05) is 5.75 Å². The average molecular weight is 216 g/mol. The van der Waals surface area contributed by atoms with Gasteiger partial charge in [0.05, 0.1) is 0 Å². The van der Waals surface area contributed by atoms with Crippen molar-refractivity contribution in [3.05, 3.63) is 0 Å². The molecule has 0 unspecified atom stereocenters. The van der Waals surface area contributed by atoms with Crippen molar-refractivity contribution >= 4 is 42.1 Å². The van der Waals surface area contributed by atoms with Crippen molar-refractivity contribution in [1.29, 1.82) is 0 Å². The number of hydrogen-bond donors (Lipinski definition) is 3. The normalized spacial score (nSPS) is 13.6. The SMILES string of the molecule is CCCCCCS(S)(S)S. The third kappa shape index (κ3) is 9.40. The Morgan fingerprint density at radius 2 is 1.60 bits per heavy atom. The zero-order chi connectivity index (χ0) is 8.04. The van der Waals surface area contributed by atoms with Gasteiger partial charge in [-0.3, -0.25) is 0 Å². The van der Waals surface area contributed by atoms with Crippen LogP contribution in [0.1, 0.15) is 32.6 Å². The van der Waals surface area contributed by atoms with Gasteiger partial charge in [-0.15, -0.1) is 42.1 Å². The highest BCUT2D eigenvalue weighted by Gasteiger charge is 2.05. The Morgan fingerprint density at radius 1 is 1.00 bits per heavy atom. The molecular formula is C6H16S4. The van der Waals surface area contributed by atoms with Gasteiger partial charge in [-0.1, -0.05) is 26.2 Å². The van der Waals surface area contributed by atoms with Crippen LogP contribution in [-0.4, -0.2) is 5.75 Å². The first-order valence-corrected chi connectivity index (χ1v) is 8.50. The molecule has 0 aliphatic rings. The molecule has 0 N–H and O–H groups in total. The van der Waals surface area contributed by atoms with Crippen molar-refractivity contribution in [2.45, 2.75) is 32.6 Å². The summed E-state index contributed by atoms with van der Waals surface area (Å²) < 4.78 is 0. The molecule has 64 valence electrons. The van der Waals surface area contributed by atoms with Crippen LogP contribution in [0.4, 0.5) is 0 Å². The molecular weight excluding hydrogens is 200 g/mol. The third-order valence-corrected chi connectivity index (χ3v) is 3.75. The maximum atomic E-state index is 4.27. The summed E-state index contributed by atoms with van der Waals surface area (Å²) in [6, 6.07) is 0. The van der Waals surface area contributed by atoms with E-state index in [0.29, 0.717) is 0 Å². The van der Waals surface area contributed by atoms with Gasteiger partial charge in [0.2, 0.25) is 0 Å². The summed E-state index contributed by atoms with van der Waals surface area (Å²) in [5, 5.41) is 0. The Labute approximate surface area is 80.3 Å². The average Bonchev–Trinajstić information content (AvgIpc) is 1.78. The van der Waals surface area contributed by atoms with Gasteiger partial charge >= 0.3 is 0 Å². The van der Waals surface area contributed by atoms with E-state index >= 15 is 0 Å². The molecule has 0 aromatic heterocycles. The molecule has 0 rings (SSSR count). The van der Waals surface area contributed by atoms with Crippen LogP contribution >= 0.6 is 42.1 Å². The van der Waals surface area contributed by atoms with E-state index < -0.39 is 7.12 Å². The predicted molar refractivity (Wildman–Crippen MR) is 63.6 cm³/mol. The molecule has 0 saturated carbocycles. The minimum atomic E-state index is -1.12. The summed E-state index contributed by atoms with van der Waals surface area (Å²) in [4.78, 5) is 0. The first-order valence-electron chi connectivity index (χ1n) is 3.54. The number of thiol groups is 3. The molecule has 0 aliphatic heterocycles. The van der Waals surface area contributed by atoms with E-state index in [9.17, 15) is 0 Å². The fraction of sp³-hybridized carbons (Fsp3) is 1.00. The summed E-state index contributed by atoms with van der Waals surface area (Å²) in [5.41, 5.74) is 0. The van der Waals surface area contributed by atoms with Crippen LogP contribution in [0.25, 0.3) is 0 Å². The van der Waals surface area contributed by atoms with Crippen molar-refractivity contribution in [1.82, 2.24) is 0 Å². The minimum absolute atomic E-state index is 1.06. The van der Waals surface area contributed by atoms with Gasteiger partial charge < -0.3 is 0 Å². The number of rotatable bonds is 5. The lowest BCUT2D eigenvalue weighted by atomic mass is 10.2. The topological polar surface area (TPSA) is 0 Å². The second kappa shape index (κ2) is 5.98. The third-order valence-electron chi connectivity index (χ3n) is 1.27. The molecule has 10 heavy (non-hydrogen) atoms. The van der Waals surface area contributed by atoms with Crippen molar-refractivity contribution < 1.29 is 0 Å². The molecule has 0 atom stereocenters. The van der Waals surface area contributed by atoms with E-state index in [4.69, 9.17) is 0 Å². The molecule has 0 radical (unpaired) electrons. The maximum absolute atomic E-state index is 4.27.